The fraction of sp³-hybridized carbons (Fsp3) is 1.00. The number of nitrogens with zero attached hydrogens (tertiary/aromatic N) is 2. The molecule has 3 heteroatoms. The second kappa shape index (κ2) is 6.38. The monoisotopic (exact) mass is 200 g/mol. The largest absolute Gasteiger partial charge is 0.374 e. The Morgan fingerprint density at radius 3 is 2.86 bits per heavy atom. The standard InChI is InChI=1S/C11H24N2O/c1-4-5-6-13-7-8-14-11(10-13)9-12(2)3/h11H,4-10H2,1-3H3/t11-/m1/s1. The van der Waals surface area contributed by atoms with Crippen molar-refractivity contribution in [3.63, 3.8) is 0 Å². The third-order valence-electron chi connectivity index (χ3n) is 2.62. The second-order valence-corrected chi connectivity index (χ2v) is 4.41. The van der Waals surface area contributed by atoms with E-state index in [1.54, 1.807) is 0 Å². The average Bonchev–Trinajstić information content (AvgIpc) is 2.14. The highest BCUT2D eigenvalue weighted by atomic mass is 16.5. The molecule has 84 valence electrons. The van der Waals surface area contributed by atoms with E-state index in [2.05, 4.69) is 30.8 Å². The van der Waals surface area contributed by atoms with Crippen molar-refractivity contribution in [1.29, 1.82) is 0 Å². The van der Waals surface area contributed by atoms with Gasteiger partial charge in [-0.1, -0.05) is 13.3 Å². The lowest BCUT2D eigenvalue weighted by Crippen LogP contribution is -2.46. The fourth-order valence-electron chi connectivity index (χ4n) is 1.88. The number of hydrogen-bond donors (Lipinski definition) is 0. The van der Waals surface area contributed by atoms with Crippen LogP contribution in [0.3, 0.4) is 0 Å². The first-order valence-corrected chi connectivity index (χ1v) is 5.71. The summed E-state index contributed by atoms with van der Waals surface area (Å²) in [6, 6.07) is 0. The molecule has 1 heterocycles. The molecule has 1 rings (SSSR count). The van der Waals surface area contributed by atoms with Crippen LogP contribution >= 0.6 is 0 Å². The smallest absolute Gasteiger partial charge is 0.0829 e. The Morgan fingerprint density at radius 1 is 1.43 bits per heavy atom. The Kier molecular flexibility index (Phi) is 5.45. The van der Waals surface area contributed by atoms with E-state index in [4.69, 9.17) is 4.74 Å². The third kappa shape index (κ3) is 4.40. The minimum atomic E-state index is 0.413. The van der Waals surface area contributed by atoms with Crippen LogP contribution in [0.4, 0.5) is 0 Å². The van der Waals surface area contributed by atoms with E-state index < -0.39 is 0 Å². The molecule has 0 spiro atoms. The number of hydrogen-bond acceptors (Lipinski definition) is 3. The molecule has 0 aromatic heterocycles. The molecule has 0 unspecified atom stereocenters. The van der Waals surface area contributed by atoms with E-state index >= 15 is 0 Å². The average molecular weight is 200 g/mol. The van der Waals surface area contributed by atoms with Gasteiger partial charge in [0.2, 0.25) is 0 Å². The molecule has 0 saturated carbocycles. The summed E-state index contributed by atoms with van der Waals surface area (Å²) >= 11 is 0. The SMILES string of the molecule is CCCCN1CCO[C@H](CN(C)C)C1. The lowest BCUT2D eigenvalue weighted by molar-refractivity contribution is -0.0382. The van der Waals surface area contributed by atoms with E-state index in [0.29, 0.717) is 6.10 Å². The van der Waals surface area contributed by atoms with Crippen molar-refractivity contribution in [3.8, 4) is 0 Å². The van der Waals surface area contributed by atoms with Crippen molar-refractivity contribution < 1.29 is 4.74 Å². The lowest BCUT2D eigenvalue weighted by atomic mass is 10.2. The van der Waals surface area contributed by atoms with Crippen LogP contribution in [0.1, 0.15) is 19.8 Å². The highest BCUT2D eigenvalue weighted by molar-refractivity contribution is 4.72. The molecule has 3 nitrogen and oxygen atoms in total. The molecule has 14 heavy (non-hydrogen) atoms. The van der Waals surface area contributed by atoms with Crippen molar-refractivity contribution in [1.82, 2.24) is 9.80 Å². The van der Waals surface area contributed by atoms with Gasteiger partial charge in [-0.25, -0.2) is 0 Å². The van der Waals surface area contributed by atoms with Crippen molar-refractivity contribution >= 4 is 0 Å². The van der Waals surface area contributed by atoms with Crippen LogP contribution in [0.2, 0.25) is 0 Å². The van der Waals surface area contributed by atoms with E-state index in [0.717, 1.165) is 26.2 Å². The molecule has 0 bridgehead atoms. The summed E-state index contributed by atoms with van der Waals surface area (Å²) in [5.41, 5.74) is 0. The van der Waals surface area contributed by atoms with Crippen LogP contribution in [-0.2, 0) is 4.74 Å². The first kappa shape index (κ1) is 12.0. The topological polar surface area (TPSA) is 15.7 Å². The van der Waals surface area contributed by atoms with Gasteiger partial charge in [-0.2, -0.15) is 0 Å². The quantitative estimate of drug-likeness (QED) is 0.660. The Hall–Kier alpha value is -0.120. The van der Waals surface area contributed by atoms with Gasteiger partial charge >= 0.3 is 0 Å². The first-order chi connectivity index (χ1) is 6.72. The molecule has 1 saturated heterocycles. The Morgan fingerprint density at radius 2 is 2.21 bits per heavy atom. The van der Waals surface area contributed by atoms with Gasteiger partial charge in [-0.05, 0) is 27.1 Å². The van der Waals surface area contributed by atoms with Crippen molar-refractivity contribution in [2.45, 2.75) is 25.9 Å². The zero-order valence-corrected chi connectivity index (χ0v) is 9.83. The molecule has 1 aliphatic heterocycles. The maximum Gasteiger partial charge on any atom is 0.0829 e. The summed E-state index contributed by atoms with van der Waals surface area (Å²) in [5, 5.41) is 0. The van der Waals surface area contributed by atoms with Crippen molar-refractivity contribution in [2.24, 2.45) is 0 Å². The predicted octanol–water partition coefficient (Wildman–Crippen LogP) is 1.05. The van der Waals surface area contributed by atoms with Crippen molar-refractivity contribution in [2.75, 3.05) is 46.9 Å². The van der Waals surface area contributed by atoms with E-state index in [-0.39, 0.29) is 0 Å². The normalized spacial score (nSPS) is 24.4. The van der Waals surface area contributed by atoms with Crippen LogP contribution in [0.15, 0.2) is 0 Å². The summed E-state index contributed by atoms with van der Waals surface area (Å²) in [5.74, 6) is 0. The number of morpholine rings is 1. The van der Waals surface area contributed by atoms with Gasteiger partial charge in [0.25, 0.3) is 0 Å². The minimum Gasteiger partial charge on any atom is -0.374 e. The van der Waals surface area contributed by atoms with Crippen LogP contribution < -0.4 is 0 Å². The summed E-state index contributed by atoms with van der Waals surface area (Å²) in [4.78, 5) is 4.73. The highest BCUT2D eigenvalue weighted by Gasteiger charge is 2.19. The number of ether oxygens (including phenoxy) is 1. The number of unbranched alkanes of at least 4 members (excludes halogenated alkanes) is 1. The second-order valence-electron chi connectivity index (χ2n) is 4.41. The molecule has 0 aliphatic carbocycles. The van der Waals surface area contributed by atoms with E-state index in [1.165, 1.54) is 19.4 Å². The van der Waals surface area contributed by atoms with Crippen LogP contribution in [0, 0.1) is 0 Å². The molecule has 0 aromatic carbocycles. The maximum absolute atomic E-state index is 5.72. The molecule has 1 aliphatic rings. The van der Waals surface area contributed by atoms with Gasteiger partial charge in [-0.15, -0.1) is 0 Å². The van der Waals surface area contributed by atoms with Gasteiger partial charge < -0.3 is 9.64 Å². The number of rotatable bonds is 5. The minimum absolute atomic E-state index is 0.413. The summed E-state index contributed by atoms with van der Waals surface area (Å²) < 4.78 is 5.72. The third-order valence-corrected chi connectivity index (χ3v) is 2.62. The Balaban J connectivity index is 2.21. The van der Waals surface area contributed by atoms with Crippen LogP contribution in [0.25, 0.3) is 0 Å². The van der Waals surface area contributed by atoms with E-state index in [9.17, 15) is 0 Å². The molecule has 0 amide bonds. The molecule has 1 fully saturated rings. The highest BCUT2D eigenvalue weighted by Crippen LogP contribution is 2.07. The van der Waals surface area contributed by atoms with Gasteiger partial charge in [0.1, 0.15) is 0 Å². The summed E-state index contributed by atoms with van der Waals surface area (Å²) in [6.45, 7) is 7.66. The van der Waals surface area contributed by atoms with Gasteiger partial charge in [0.05, 0.1) is 12.7 Å². The Labute approximate surface area is 88.0 Å². The molecular formula is C11H24N2O. The van der Waals surface area contributed by atoms with Gasteiger partial charge in [0.15, 0.2) is 0 Å². The summed E-state index contributed by atoms with van der Waals surface area (Å²) in [6.07, 6.45) is 3.01. The molecular weight excluding hydrogens is 176 g/mol. The summed E-state index contributed by atoms with van der Waals surface area (Å²) in [7, 11) is 4.21. The maximum atomic E-state index is 5.72. The lowest BCUT2D eigenvalue weighted by Gasteiger charge is -2.34. The zero-order chi connectivity index (χ0) is 10.4. The predicted molar refractivity (Wildman–Crippen MR) is 59.6 cm³/mol. The molecule has 0 aromatic rings. The van der Waals surface area contributed by atoms with Gasteiger partial charge in [0, 0.05) is 19.6 Å². The van der Waals surface area contributed by atoms with Crippen LogP contribution in [0.5, 0.6) is 0 Å². The molecule has 1 atom stereocenters. The van der Waals surface area contributed by atoms with Crippen molar-refractivity contribution in [3.05, 3.63) is 0 Å². The number of likely N-dealkylation sites (N-methyl/N-ethyl adjacent to an activating group) is 1. The fourth-order valence-corrected chi connectivity index (χ4v) is 1.88. The van der Waals surface area contributed by atoms with Crippen LogP contribution in [-0.4, -0.2) is 62.8 Å². The van der Waals surface area contributed by atoms with Gasteiger partial charge in [-0.3, -0.25) is 4.90 Å². The first-order valence-electron chi connectivity index (χ1n) is 5.71. The zero-order valence-electron chi connectivity index (χ0n) is 9.83. The van der Waals surface area contributed by atoms with E-state index in [1.807, 2.05) is 0 Å². The molecule has 0 radical (unpaired) electrons. The molecule has 0 N–H and O–H groups in total. The Bertz CT molecular complexity index is 150.